The van der Waals surface area contributed by atoms with Crippen molar-refractivity contribution in [3.63, 3.8) is 0 Å². The molecule has 3 atom stereocenters. The van der Waals surface area contributed by atoms with Crippen LogP contribution < -0.4 is 0 Å². The molecular weight excluding hydrogens is 185 g/mol. The van der Waals surface area contributed by atoms with E-state index in [2.05, 4.69) is 0 Å². The number of alkyl halides is 3. The third kappa shape index (κ3) is 2.84. The Balaban J connectivity index is 2.51. The van der Waals surface area contributed by atoms with Gasteiger partial charge in [0.05, 0.1) is 18.1 Å². The molecule has 1 N–H and O–H groups in total. The fourth-order valence-electron chi connectivity index (χ4n) is 1.37. The molecule has 1 aliphatic rings. The molecule has 1 saturated heterocycles. The van der Waals surface area contributed by atoms with Crippen LogP contribution in [-0.4, -0.2) is 30.1 Å². The quantitative estimate of drug-likeness (QED) is 0.695. The van der Waals surface area contributed by atoms with Crippen molar-refractivity contribution in [3.8, 4) is 0 Å². The SMILES string of the molecule is CC([C@@H]1C[C@H](O)CCO1)C(F)(F)F. The number of rotatable bonds is 1. The molecule has 0 aromatic carbocycles. The van der Waals surface area contributed by atoms with Gasteiger partial charge in [0.15, 0.2) is 0 Å². The maximum atomic E-state index is 12.2. The van der Waals surface area contributed by atoms with Gasteiger partial charge < -0.3 is 9.84 Å². The van der Waals surface area contributed by atoms with E-state index in [9.17, 15) is 13.2 Å². The van der Waals surface area contributed by atoms with Gasteiger partial charge >= 0.3 is 6.18 Å². The van der Waals surface area contributed by atoms with Crippen LogP contribution in [0.4, 0.5) is 13.2 Å². The van der Waals surface area contributed by atoms with Gasteiger partial charge in [-0.25, -0.2) is 0 Å². The Morgan fingerprint density at radius 2 is 2.08 bits per heavy atom. The minimum absolute atomic E-state index is 0.0840. The summed E-state index contributed by atoms with van der Waals surface area (Å²) in [5.41, 5.74) is 0. The number of aliphatic hydroxyl groups excluding tert-OH is 1. The Kier molecular flexibility index (Phi) is 3.18. The van der Waals surface area contributed by atoms with E-state index in [1.807, 2.05) is 0 Å². The summed E-state index contributed by atoms with van der Waals surface area (Å²) in [5, 5.41) is 9.15. The van der Waals surface area contributed by atoms with Crippen LogP contribution >= 0.6 is 0 Å². The molecule has 2 nitrogen and oxygen atoms in total. The Bertz CT molecular complexity index is 169. The summed E-state index contributed by atoms with van der Waals surface area (Å²) in [5.74, 6) is -1.50. The van der Waals surface area contributed by atoms with Gasteiger partial charge in [-0.2, -0.15) is 13.2 Å². The van der Waals surface area contributed by atoms with Crippen molar-refractivity contribution >= 4 is 0 Å². The molecule has 5 heteroatoms. The third-order valence-corrected chi connectivity index (χ3v) is 2.36. The van der Waals surface area contributed by atoms with Gasteiger partial charge in [0.2, 0.25) is 0 Å². The highest BCUT2D eigenvalue weighted by molar-refractivity contribution is 4.78. The van der Waals surface area contributed by atoms with E-state index in [1.54, 1.807) is 0 Å². The summed E-state index contributed by atoms with van der Waals surface area (Å²) in [6, 6.07) is 0. The highest BCUT2D eigenvalue weighted by atomic mass is 19.4. The van der Waals surface area contributed by atoms with Crippen molar-refractivity contribution < 1.29 is 23.0 Å². The molecule has 1 fully saturated rings. The number of ether oxygens (including phenoxy) is 1. The lowest BCUT2D eigenvalue weighted by atomic mass is 9.95. The molecular formula is C8H13F3O2. The minimum atomic E-state index is -4.23. The number of hydrogen-bond acceptors (Lipinski definition) is 2. The first-order chi connectivity index (χ1) is 5.91. The molecule has 1 rings (SSSR count). The number of halogens is 3. The summed E-state index contributed by atoms with van der Waals surface area (Å²) >= 11 is 0. The Labute approximate surface area is 74.7 Å². The Morgan fingerprint density at radius 3 is 2.54 bits per heavy atom. The molecule has 1 heterocycles. The lowest BCUT2D eigenvalue weighted by Crippen LogP contribution is -2.39. The van der Waals surface area contributed by atoms with Crippen molar-refractivity contribution in [2.45, 2.75) is 38.1 Å². The molecule has 0 saturated carbocycles. The second-order valence-corrected chi connectivity index (χ2v) is 3.42. The molecule has 78 valence electrons. The first-order valence-corrected chi connectivity index (χ1v) is 4.27. The zero-order chi connectivity index (χ0) is 10.1. The zero-order valence-corrected chi connectivity index (χ0v) is 7.34. The maximum Gasteiger partial charge on any atom is 0.394 e. The van der Waals surface area contributed by atoms with Crippen molar-refractivity contribution in [2.24, 2.45) is 5.92 Å². The summed E-state index contributed by atoms with van der Waals surface area (Å²) in [6.07, 6.45) is -5.25. The predicted octanol–water partition coefficient (Wildman–Crippen LogP) is 1.72. The zero-order valence-electron chi connectivity index (χ0n) is 7.34. The van der Waals surface area contributed by atoms with Crippen molar-refractivity contribution in [1.29, 1.82) is 0 Å². The van der Waals surface area contributed by atoms with Gasteiger partial charge in [-0.3, -0.25) is 0 Å². The fraction of sp³-hybridized carbons (Fsp3) is 1.00. The molecule has 1 aliphatic heterocycles. The standard InChI is InChI=1S/C8H13F3O2/c1-5(8(9,10)11)7-4-6(12)2-3-13-7/h5-7,12H,2-4H2,1H3/t5?,6-,7+/m1/s1. The van der Waals surface area contributed by atoms with Crippen LogP contribution in [0.2, 0.25) is 0 Å². The van der Waals surface area contributed by atoms with E-state index in [0.29, 0.717) is 6.42 Å². The maximum absolute atomic E-state index is 12.2. The lowest BCUT2D eigenvalue weighted by Gasteiger charge is -2.31. The number of aliphatic hydroxyl groups is 1. The van der Waals surface area contributed by atoms with Crippen LogP contribution in [0.3, 0.4) is 0 Å². The Morgan fingerprint density at radius 1 is 1.46 bits per heavy atom. The topological polar surface area (TPSA) is 29.5 Å². The molecule has 0 radical (unpaired) electrons. The van der Waals surface area contributed by atoms with Crippen LogP contribution in [0.25, 0.3) is 0 Å². The second-order valence-electron chi connectivity index (χ2n) is 3.42. The van der Waals surface area contributed by atoms with Gasteiger partial charge in [0.25, 0.3) is 0 Å². The van der Waals surface area contributed by atoms with Crippen molar-refractivity contribution in [2.75, 3.05) is 6.61 Å². The summed E-state index contributed by atoms with van der Waals surface area (Å²) < 4.78 is 41.6. The number of hydrogen-bond donors (Lipinski definition) is 1. The largest absolute Gasteiger partial charge is 0.394 e. The minimum Gasteiger partial charge on any atom is -0.393 e. The van der Waals surface area contributed by atoms with Crippen LogP contribution in [0.15, 0.2) is 0 Å². The van der Waals surface area contributed by atoms with Crippen LogP contribution in [0, 0.1) is 5.92 Å². The van der Waals surface area contributed by atoms with Gasteiger partial charge in [-0.1, -0.05) is 6.92 Å². The monoisotopic (exact) mass is 198 g/mol. The molecule has 0 amide bonds. The Hall–Kier alpha value is -0.290. The van der Waals surface area contributed by atoms with Crippen LogP contribution in [-0.2, 0) is 4.74 Å². The van der Waals surface area contributed by atoms with E-state index in [0.717, 1.165) is 6.92 Å². The highest BCUT2D eigenvalue weighted by Crippen LogP contribution is 2.33. The van der Waals surface area contributed by atoms with Crippen LogP contribution in [0.1, 0.15) is 19.8 Å². The van der Waals surface area contributed by atoms with Crippen LogP contribution in [0.5, 0.6) is 0 Å². The van der Waals surface area contributed by atoms with Gasteiger partial charge in [-0.15, -0.1) is 0 Å². The first-order valence-electron chi connectivity index (χ1n) is 4.27. The molecule has 0 aromatic rings. The van der Waals surface area contributed by atoms with E-state index in [1.165, 1.54) is 0 Å². The molecule has 0 aromatic heterocycles. The molecule has 0 bridgehead atoms. The summed E-state index contributed by atoms with van der Waals surface area (Å²) in [4.78, 5) is 0. The summed E-state index contributed by atoms with van der Waals surface area (Å²) in [6.45, 7) is 1.30. The average Bonchev–Trinajstić information content (AvgIpc) is 2.01. The van der Waals surface area contributed by atoms with Crippen molar-refractivity contribution in [3.05, 3.63) is 0 Å². The first kappa shape index (κ1) is 10.8. The molecule has 0 spiro atoms. The molecule has 1 unspecified atom stereocenters. The van der Waals surface area contributed by atoms with Crippen molar-refractivity contribution in [1.82, 2.24) is 0 Å². The van der Waals surface area contributed by atoms with Gasteiger partial charge in [0, 0.05) is 13.0 Å². The normalized spacial score (nSPS) is 33.0. The van der Waals surface area contributed by atoms with E-state index < -0.39 is 24.3 Å². The lowest BCUT2D eigenvalue weighted by molar-refractivity contribution is -0.212. The average molecular weight is 198 g/mol. The molecule has 13 heavy (non-hydrogen) atoms. The fourth-order valence-corrected chi connectivity index (χ4v) is 1.37. The van der Waals surface area contributed by atoms with Gasteiger partial charge in [-0.05, 0) is 6.42 Å². The third-order valence-electron chi connectivity index (χ3n) is 2.36. The molecule has 0 aliphatic carbocycles. The second kappa shape index (κ2) is 3.84. The van der Waals surface area contributed by atoms with E-state index >= 15 is 0 Å². The smallest absolute Gasteiger partial charge is 0.393 e. The summed E-state index contributed by atoms with van der Waals surface area (Å²) in [7, 11) is 0. The predicted molar refractivity (Wildman–Crippen MR) is 40.2 cm³/mol. The van der Waals surface area contributed by atoms with E-state index in [4.69, 9.17) is 9.84 Å². The van der Waals surface area contributed by atoms with E-state index in [-0.39, 0.29) is 13.0 Å². The van der Waals surface area contributed by atoms with Gasteiger partial charge in [0.1, 0.15) is 0 Å². The highest BCUT2D eigenvalue weighted by Gasteiger charge is 2.43.